The number of aryl methyl sites for hydroxylation is 3. The molecule has 0 atom stereocenters. The van der Waals surface area contributed by atoms with Gasteiger partial charge in [-0.2, -0.15) is 0 Å². The van der Waals surface area contributed by atoms with Gasteiger partial charge < -0.3 is 19.3 Å². The smallest absolute Gasteiger partial charge is 0.339 e. The van der Waals surface area contributed by atoms with Gasteiger partial charge in [-0.25, -0.2) is 9.78 Å². The van der Waals surface area contributed by atoms with E-state index in [4.69, 9.17) is 13.9 Å². The third-order valence-corrected chi connectivity index (χ3v) is 4.10. The summed E-state index contributed by atoms with van der Waals surface area (Å²) in [5, 5.41) is 11.7. The molecule has 3 rings (SSSR count). The molecule has 2 aromatic heterocycles. The molecule has 2 N–H and O–H groups in total. The van der Waals surface area contributed by atoms with E-state index in [1.807, 2.05) is 37.3 Å². The van der Waals surface area contributed by atoms with Crippen molar-refractivity contribution in [3.05, 3.63) is 65.1 Å². The Morgan fingerprint density at radius 2 is 1.89 bits per heavy atom. The molecule has 0 unspecified atom stereocenters. The number of benzene rings is 1. The molecule has 140 valence electrons. The molecule has 0 aliphatic heterocycles. The Labute approximate surface area is 156 Å². The zero-order valence-electron chi connectivity index (χ0n) is 15.1. The minimum Gasteiger partial charge on any atom is -0.478 e. The normalized spacial score (nSPS) is 10.7. The van der Waals surface area contributed by atoms with Crippen LogP contribution in [-0.2, 0) is 17.8 Å². The number of carboxylic acid groups (broad SMARTS) is 1. The maximum absolute atomic E-state index is 12.0. The fourth-order valence-corrected chi connectivity index (χ4v) is 2.75. The van der Waals surface area contributed by atoms with E-state index in [0.717, 1.165) is 11.3 Å². The summed E-state index contributed by atoms with van der Waals surface area (Å²) in [6.45, 7) is 3.57. The first-order valence-electron chi connectivity index (χ1n) is 8.55. The molecule has 0 aliphatic rings. The molecular weight excluding hydrogens is 348 g/mol. The zero-order valence-corrected chi connectivity index (χ0v) is 15.1. The number of carboxylic acids is 1. The molecule has 1 amide bonds. The van der Waals surface area contributed by atoms with Crippen LogP contribution < -0.4 is 5.32 Å². The quantitative estimate of drug-likeness (QED) is 0.661. The highest BCUT2D eigenvalue weighted by Gasteiger charge is 2.15. The van der Waals surface area contributed by atoms with Gasteiger partial charge in [0.15, 0.2) is 11.7 Å². The average molecular weight is 368 g/mol. The number of rotatable bonds is 7. The summed E-state index contributed by atoms with van der Waals surface area (Å²) in [7, 11) is 0. The summed E-state index contributed by atoms with van der Waals surface area (Å²) in [5.41, 5.74) is 1.83. The van der Waals surface area contributed by atoms with E-state index in [1.165, 1.54) is 6.07 Å². The summed E-state index contributed by atoms with van der Waals surface area (Å²) >= 11 is 0. The number of carbonyl (C=O) groups is 2. The van der Waals surface area contributed by atoms with Crippen LogP contribution in [0.15, 0.2) is 45.2 Å². The number of oxazole rings is 1. The number of hydrogen-bond donors (Lipinski definition) is 2. The number of hydrogen-bond acceptors (Lipinski definition) is 5. The summed E-state index contributed by atoms with van der Waals surface area (Å²) in [6.07, 6.45) is 0.580. The van der Waals surface area contributed by atoms with Gasteiger partial charge in [-0.15, -0.1) is 0 Å². The van der Waals surface area contributed by atoms with Gasteiger partial charge in [-0.05, 0) is 19.9 Å². The third kappa shape index (κ3) is 4.44. The van der Waals surface area contributed by atoms with Crippen molar-refractivity contribution < 1.29 is 23.5 Å². The maximum Gasteiger partial charge on any atom is 0.339 e. The monoisotopic (exact) mass is 368 g/mol. The summed E-state index contributed by atoms with van der Waals surface area (Å²) in [5.74, 6) is 0.675. The average Bonchev–Trinajstić information content (AvgIpc) is 3.21. The van der Waals surface area contributed by atoms with Crippen molar-refractivity contribution in [2.45, 2.75) is 33.2 Å². The van der Waals surface area contributed by atoms with Gasteiger partial charge in [0, 0.05) is 18.4 Å². The zero-order chi connectivity index (χ0) is 19.4. The van der Waals surface area contributed by atoms with Gasteiger partial charge >= 0.3 is 5.97 Å². The predicted molar refractivity (Wildman–Crippen MR) is 97.2 cm³/mol. The van der Waals surface area contributed by atoms with Gasteiger partial charge in [0.25, 0.3) is 0 Å². The lowest BCUT2D eigenvalue weighted by atomic mass is 10.1. The number of furan rings is 1. The maximum atomic E-state index is 12.0. The molecule has 0 bridgehead atoms. The first-order valence-corrected chi connectivity index (χ1v) is 8.55. The predicted octanol–water partition coefficient (Wildman–Crippen LogP) is 3.50. The van der Waals surface area contributed by atoms with Crippen LogP contribution in [0.3, 0.4) is 0 Å². The van der Waals surface area contributed by atoms with Gasteiger partial charge in [0.1, 0.15) is 17.1 Å². The first kappa shape index (κ1) is 18.4. The van der Waals surface area contributed by atoms with E-state index in [2.05, 4.69) is 10.3 Å². The lowest BCUT2D eigenvalue weighted by Crippen LogP contribution is -2.22. The minimum atomic E-state index is -1.05. The van der Waals surface area contributed by atoms with Crippen LogP contribution in [0.1, 0.15) is 39.9 Å². The van der Waals surface area contributed by atoms with Crippen LogP contribution in [-0.4, -0.2) is 22.0 Å². The van der Waals surface area contributed by atoms with E-state index >= 15 is 0 Å². The van der Waals surface area contributed by atoms with Crippen LogP contribution in [0.2, 0.25) is 0 Å². The van der Waals surface area contributed by atoms with Crippen LogP contribution in [0.4, 0.5) is 0 Å². The summed E-state index contributed by atoms with van der Waals surface area (Å²) in [6, 6.07) is 11.1. The number of nitrogens with zero attached hydrogens (tertiary/aromatic N) is 1. The highest BCUT2D eigenvalue weighted by molar-refractivity contribution is 5.88. The van der Waals surface area contributed by atoms with Crippen molar-refractivity contribution in [2.75, 3.05) is 0 Å². The van der Waals surface area contributed by atoms with Gasteiger partial charge in [-0.1, -0.05) is 30.3 Å². The second-order valence-electron chi connectivity index (χ2n) is 6.15. The highest BCUT2D eigenvalue weighted by Crippen LogP contribution is 2.24. The van der Waals surface area contributed by atoms with Crippen LogP contribution in [0, 0.1) is 13.8 Å². The Morgan fingerprint density at radius 1 is 1.15 bits per heavy atom. The highest BCUT2D eigenvalue weighted by atomic mass is 16.4. The van der Waals surface area contributed by atoms with Crippen LogP contribution in [0.25, 0.3) is 11.3 Å². The van der Waals surface area contributed by atoms with E-state index in [-0.39, 0.29) is 24.4 Å². The fourth-order valence-electron chi connectivity index (χ4n) is 2.75. The lowest BCUT2D eigenvalue weighted by Gasteiger charge is -2.01. The second kappa shape index (κ2) is 7.90. The van der Waals surface area contributed by atoms with Crippen molar-refractivity contribution in [3.63, 3.8) is 0 Å². The van der Waals surface area contributed by atoms with Crippen molar-refractivity contribution in [2.24, 2.45) is 0 Å². The Kier molecular flexibility index (Phi) is 5.40. The van der Waals surface area contributed by atoms with E-state index in [1.54, 1.807) is 6.92 Å². The Balaban J connectivity index is 1.54. The lowest BCUT2D eigenvalue weighted by molar-refractivity contribution is -0.121. The Hall–Kier alpha value is -3.35. The molecule has 0 saturated heterocycles. The molecule has 0 saturated carbocycles. The fraction of sp³-hybridized carbons (Fsp3) is 0.250. The van der Waals surface area contributed by atoms with Gasteiger partial charge in [0.05, 0.1) is 12.2 Å². The molecule has 7 heteroatoms. The van der Waals surface area contributed by atoms with Crippen molar-refractivity contribution in [1.29, 1.82) is 0 Å². The van der Waals surface area contributed by atoms with Crippen molar-refractivity contribution in [1.82, 2.24) is 10.3 Å². The van der Waals surface area contributed by atoms with E-state index in [0.29, 0.717) is 29.6 Å². The molecule has 2 heterocycles. The second-order valence-corrected chi connectivity index (χ2v) is 6.15. The van der Waals surface area contributed by atoms with Crippen molar-refractivity contribution >= 4 is 11.9 Å². The molecule has 0 spiro atoms. The standard InChI is InChI=1S/C20H20N2O5/c1-12-19(14-6-4-3-5-7-14)27-18(22-12)9-8-17(23)21-11-15-10-16(20(24)25)13(2)26-15/h3-7,10H,8-9,11H2,1-2H3,(H,21,23)(H,24,25). The molecular formula is C20H20N2O5. The number of aromatic nitrogens is 1. The van der Waals surface area contributed by atoms with Crippen LogP contribution >= 0.6 is 0 Å². The van der Waals surface area contributed by atoms with Crippen molar-refractivity contribution in [3.8, 4) is 11.3 Å². The molecule has 1 aromatic carbocycles. The Morgan fingerprint density at radius 3 is 2.56 bits per heavy atom. The topological polar surface area (TPSA) is 106 Å². The minimum absolute atomic E-state index is 0.1000. The SMILES string of the molecule is Cc1nc(CCC(=O)NCc2cc(C(=O)O)c(C)o2)oc1-c1ccccc1. The van der Waals surface area contributed by atoms with E-state index < -0.39 is 5.97 Å². The number of carbonyl (C=O) groups excluding carboxylic acids is 1. The largest absolute Gasteiger partial charge is 0.478 e. The number of aromatic carboxylic acids is 1. The first-order chi connectivity index (χ1) is 12.9. The van der Waals surface area contributed by atoms with Gasteiger partial charge in [-0.3, -0.25) is 4.79 Å². The van der Waals surface area contributed by atoms with E-state index in [9.17, 15) is 9.59 Å². The molecule has 0 aliphatic carbocycles. The molecule has 0 fully saturated rings. The van der Waals surface area contributed by atoms with Crippen LogP contribution in [0.5, 0.6) is 0 Å². The third-order valence-electron chi connectivity index (χ3n) is 4.10. The number of nitrogens with one attached hydrogen (secondary N) is 1. The summed E-state index contributed by atoms with van der Waals surface area (Å²) < 4.78 is 11.1. The molecule has 3 aromatic rings. The number of amides is 1. The molecule has 27 heavy (non-hydrogen) atoms. The van der Waals surface area contributed by atoms with Gasteiger partial charge in [0.2, 0.25) is 5.91 Å². The Bertz CT molecular complexity index is 956. The summed E-state index contributed by atoms with van der Waals surface area (Å²) in [4.78, 5) is 27.4. The molecule has 0 radical (unpaired) electrons. The molecule has 7 nitrogen and oxygen atoms in total.